The predicted molar refractivity (Wildman–Crippen MR) is 118 cm³/mol. The van der Waals surface area contributed by atoms with Crippen LogP contribution in [0.15, 0.2) is 48.5 Å². The molecule has 0 aromatic heterocycles. The summed E-state index contributed by atoms with van der Waals surface area (Å²) in [5.41, 5.74) is 0.344. The fraction of sp³-hybridized carbons (Fsp3) is 0.0500. The molecule has 3 aromatic carbocycles. The van der Waals surface area contributed by atoms with E-state index in [2.05, 4.69) is 10.6 Å². The van der Waals surface area contributed by atoms with Crippen molar-refractivity contribution >= 4 is 68.9 Å². The molecule has 0 aliphatic rings. The smallest absolute Gasteiger partial charge is 0.337 e. The van der Waals surface area contributed by atoms with E-state index in [0.717, 1.165) is 10.8 Å². The molecule has 3 N–H and O–H groups in total. The van der Waals surface area contributed by atoms with Crippen LogP contribution in [0.25, 0.3) is 10.8 Å². The van der Waals surface area contributed by atoms with Gasteiger partial charge in [-0.3, -0.25) is 10.1 Å². The van der Waals surface area contributed by atoms with Crippen LogP contribution in [-0.4, -0.2) is 29.2 Å². The third kappa shape index (κ3) is 4.59. The number of nitrogens with one attached hydrogen (secondary N) is 2. The highest BCUT2D eigenvalue weighted by atomic mass is 35.5. The first-order valence-electron chi connectivity index (χ1n) is 8.21. The quantitative estimate of drug-likeness (QED) is 0.487. The van der Waals surface area contributed by atoms with Crippen molar-refractivity contribution in [2.45, 2.75) is 0 Å². The van der Waals surface area contributed by atoms with E-state index in [0.29, 0.717) is 11.3 Å². The van der Waals surface area contributed by atoms with Crippen molar-refractivity contribution in [2.75, 3.05) is 12.4 Å². The first-order valence-corrected chi connectivity index (χ1v) is 9.38. The lowest BCUT2D eigenvalue weighted by Gasteiger charge is -2.14. The number of hydrogen-bond acceptors (Lipinski definition) is 4. The lowest BCUT2D eigenvalue weighted by molar-refractivity contribution is 0.0697. The summed E-state index contributed by atoms with van der Waals surface area (Å²) in [4.78, 5) is 24.0. The highest BCUT2D eigenvalue weighted by Crippen LogP contribution is 2.30. The van der Waals surface area contributed by atoms with Gasteiger partial charge >= 0.3 is 5.97 Å². The van der Waals surface area contributed by atoms with Crippen molar-refractivity contribution in [1.29, 1.82) is 0 Å². The van der Waals surface area contributed by atoms with Crippen molar-refractivity contribution < 1.29 is 19.4 Å². The van der Waals surface area contributed by atoms with E-state index < -0.39 is 11.9 Å². The Kier molecular flexibility index (Phi) is 6.22. The lowest BCUT2D eigenvalue weighted by atomic mass is 10.1. The number of carboxylic acid groups (broad SMARTS) is 1. The number of hydrogen-bond donors (Lipinski definition) is 3. The van der Waals surface area contributed by atoms with Crippen molar-refractivity contribution in [1.82, 2.24) is 5.32 Å². The second kappa shape index (κ2) is 8.65. The average Bonchev–Trinajstić information content (AvgIpc) is 2.68. The zero-order chi connectivity index (χ0) is 21.1. The van der Waals surface area contributed by atoms with Gasteiger partial charge in [0.1, 0.15) is 5.75 Å². The number of carbonyl (C=O) groups excluding carboxylic acids is 1. The molecule has 0 fully saturated rings. The number of fused-ring (bicyclic) bond motifs is 1. The molecule has 0 saturated heterocycles. The molecule has 9 heteroatoms. The summed E-state index contributed by atoms with van der Waals surface area (Å²) in [7, 11) is 1.47. The second-order valence-corrected chi connectivity index (χ2v) is 7.15. The van der Waals surface area contributed by atoms with Crippen molar-refractivity contribution in [2.24, 2.45) is 0 Å². The van der Waals surface area contributed by atoms with E-state index in [-0.39, 0.29) is 26.4 Å². The molecule has 0 aliphatic heterocycles. The maximum Gasteiger partial charge on any atom is 0.337 e. The van der Waals surface area contributed by atoms with E-state index in [4.69, 9.17) is 40.2 Å². The fourth-order valence-electron chi connectivity index (χ4n) is 2.70. The Morgan fingerprint density at radius 3 is 2.28 bits per heavy atom. The van der Waals surface area contributed by atoms with E-state index in [1.54, 1.807) is 12.1 Å². The van der Waals surface area contributed by atoms with Gasteiger partial charge in [0.2, 0.25) is 0 Å². The Morgan fingerprint density at radius 2 is 1.66 bits per heavy atom. The number of benzene rings is 3. The summed E-state index contributed by atoms with van der Waals surface area (Å²) in [6.07, 6.45) is 0. The van der Waals surface area contributed by atoms with Gasteiger partial charge < -0.3 is 15.2 Å². The van der Waals surface area contributed by atoms with Crippen LogP contribution >= 0.6 is 35.4 Å². The molecule has 0 bridgehead atoms. The fourth-order valence-corrected chi connectivity index (χ4v) is 3.41. The molecule has 1 amide bonds. The van der Waals surface area contributed by atoms with Crippen LogP contribution in [0.4, 0.5) is 5.69 Å². The molecule has 0 radical (unpaired) electrons. The van der Waals surface area contributed by atoms with Gasteiger partial charge in [-0.25, -0.2) is 4.79 Å². The molecule has 3 rings (SSSR count). The zero-order valence-electron chi connectivity index (χ0n) is 15.0. The standard InChI is InChI=1S/C20H14Cl2N2O4S/c1-28-17-7-11-5-3-2-4-10(11)6-13(17)18(25)24-20(29)23-16-8-12(19(26)27)14(21)9-15(16)22/h2-9H,1H3,(H,26,27)(H2,23,24,25,29). The average molecular weight is 449 g/mol. The van der Waals surface area contributed by atoms with Gasteiger partial charge in [0.15, 0.2) is 5.11 Å². The third-order valence-corrected chi connectivity index (χ3v) is 4.90. The monoisotopic (exact) mass is 448 g/mol. The number of methoxy groups -OCH3 is 1. The molecule has 148 valence electrons. The Bertz CT molecular complexity index is 1150. The van der Waals surface area contributed by atoms with E-state index in [1.165, 1.54) is 19.2 Å². The van der Waals surface area contributed by atoms with Crippen molar-refractivity contribution in [3.05, 3.63) is 69.7 Å². The Morgan fingerprint density at radius 1 is 1.00 bits per heavy atom. The maximum atomic E-state index is 12.7. The molecule has 0 spiro atoms. The summed E-state index contributed by atoms with van der Waals surface area (Å²) in [6, 6.07) is 13.5. The van der Waals surface area contributed by atoms with Gasteiger partial charge in [-0.2, -0.15) is 0 Å². The molecule has 29 heavy (non-hydrogen) atoms. The summed E-state index contributed by atoms with van der Waals surface area (Å²) in [5, 5.41) is 16.3. The third-order valence-electron chi connectivity index (χ3n) is 4.07. The van der Waals surface area contributed by atoms with E-state index in [1.807, 2.05) is 24.3 Å². The maximum absolute atomic E-state index is 12.7. The molecule has 6 nitrogen and oxygen atoms in total. The largest absolute Gasteiger partial charge is 0.496 e. The lowest BCUT2D eigenvalue weighted by Crippen LogP contribution is -2.34. The first-order chi connectivity index (χ1) is 13.8. The van der Waals surface area contributed by atoms with Gasteiger partial charge in [-0.15, -0.1) is 0 Å². The minimum Gasteiger partial charge on any atom is -0.496 e. The highest BCUT2D eigenvalue weighted by molar-refractivity contribution is 7.80. The van der Waals surface area contributed by atoms with Gasteiger partial charge in [0.05, 0.1) is 34.0 Å². The first kappa shape index (κ1) is 20.9. The summed E-state index contributed by atoms with van der Waals surface area (Å²) in [6.45, 7) is 0. The summed E-state index contributed by atoms with van der Waals surface area (Å²) in [5.74, 6) is -1.32. The highest BCUT2D eigenvalue weighted by Gasteiger charge is 2.17. The molecule has 0 atom stereocenters. The molecule has 0 saturated carbocycles. The van der Waals surface area contributed by atoms with Crippen LogP contribution in [0.3, 0.4) is 0 Å². The molecular formula is C20H14Cl2N2O4S. The number of carboxylic acids is 1. The van der Waals surface area contributed by atoms with Crippen LogP contribution in [0, 0.1) is 0 Å². The molecule has 0 unspecified atom stereocenters. The SMILES string of the molecule is COc1cc2ccccc2cc1C(=O)NC(=S)Nc1cc(C(=O)O)c(Cl)cc1Cl. The van der Waals surface area contributed by atoms with Crippen LogP contribution in [0.5, 0.6) is 5.75 Å². The zero-order valence-corrected chi connectivity index (χ0v) is 17.3. The topological polar surface area (TPSA) is 87.7 Å². The minimum absolute atomic E-state index is 0.0103. The molecule has 0 heterocycles. The number of halogens is 2. The van der Waals surface area contributed by atoms with Gasteiger partial charge in [0, 0.05) is 0 Å². The Hall–Kier alpha value is -2.87. The number of anilines is 1. The number of aromatic carboxylic acids is 1. The number of thiocarbonyl (C=S) groups is 1. The van der Waals surface area contributed by atoms with Crippen LogP contribution in [-0.2, 0) is 0 Å². The van der Waals surface area contributed by atoms with E-state index in [9.17, 15) is 14.7 Å². The molecule has 3 aromatic rings. The predicted octanol–water partition coefficient (Wildman–Crippen LogP) is 4.98. The summed E-state index contributed by atoms with van der Waals surface area (Å²) >= 11 is 17.1. The Balaban J connectivity index is 1.83. The number of ether oxygens (including phenoxy) is 1. The molecular weight excluding hydrogens is 435 g/mol. The second-order valence-electron chi connectivity index (χ2n) is 5.92. The van der Waals surface area contributed by atoms with Gasteiger partial charge in [-0.1, -0.05) is 47.5 Å². The van der Waals surface area contributed by atoms with Gasteiger partial charge in [-0.05, 0) is 47.3 Å². The number of amides is 1. The minimum atomic E-state index is -1.22. The van der Waals surface area contributed by atoms with Crippen LogP contribution in [0.2, 0.25) is 10.0 Å². The van der Waals surface area contributed by atoms with E-state index >= 15 is 0 Å². The molecule has 0 aliphatic carbocycles. The number of rotatable bonds is 4. The van der Waals surface area contributed by atoms with Crippen molar-refractivity contribution in [3.8, 4) is 5.75 Å². The number of carbonyl (C=O) groups is 2. The Labute approximate surface area is 181 Å². The normalized spacial score (nSPS) is 10.4. The van der Waals surface area contributed by atoms with Crippen LogP contribution in [0.1, 0.15) is 20.7 Å². The van der Waals surface area contributed by atoms with Gasteiger partial charge in [0.25, 0.3) is 5.91 Å². The van der Waals surface area contributed by atoms with Crippen molar-refractivity contribution in [3.63, 3.8) is 0 Å². The van der Waals surface area contributed by atoms with Crippen LogP contribution < -0.4 is 15.4 Å². The summed E-state index contributed by atoms with van der Waals surface area (Å²) < 4.78 is 5.32.